The van der Waals surface area contributed by atoms with Gasteiger partial charge in [0.2, 0.25) is 0 Å². The van der Waals surface area contributed by atoms with Crippen LogP contribution in [0.15, 0.2) is 0 Å². The molecule has 0 rings (SSSR count). The molecule has 0 saturated carbocycles. The van der Waals surface area contributed by atoms with Crippen molar-refractivity contribution in [3.05, 3.63) is 0 Å². The maximum atomic E-state index is 13.6. The predicted octanol–water partition coefficient (Wildman–Crippen LogP) is 7.55. The Morgan fingerprint density at radius 1 is 0.867 bits per heavy atom. The van der Waals surface area contributed by atoms with Crippen molar-refractivity contribution in [2.45, 2.75) is 104 Å². The molecule has 4 nitrogen and oxygen atoms in total. The summed E-state index contributed by atoms with van der Waals surface area (Å²) in [5.41, 5.74) is -5.44. The molecular weight excluding hydrogens is 452 g/mol. The molecule has 0 radical (unpaired) electrons. The molecule has 0 heterocycles. The van der Waals surface area contributed by atoms with Crippen LogP contribution in [0.1, 0.15) is 73.1 Å². The van der Waals surface area contributed by atoms with Gasteiger partial charge in [-0.15, -0.1) is 0 Å². The van der Waals surface area contributed by atoms with Gasteiger partial charge in [-0.1, -0.05) is 0 Å². The Labute approximate surface area is 183 Å². The van der Waals surface area contributed by atoms with Crippen molar-refractivity contribution in [1.82, 2.24) is 0 Å². The van der Waals surface area contributed by atoms with Gasteiger partial charge in [0.05, 0.1) is 0 Å². The van der Waals surface area contributed by atoms with Crippen molar-refractivity contribution < 1.29 is 30.0 Å². The van der Waals surface area contributed by atoms with Crippen molar-refractivity contribution in [2.75, 3.05) is 18.5 Å². The van der Waals surface area contributed by atoms with E-state index >= 15 is 0 Å². The van der Waals surface area contributed by atoms with Crippen molar-refractivity contribution in [2.24, 2.45) is 5.92 Å². The van der Waals surface area contributed by atoms with Crippen molar-refractivity contribution in [1.29, 1.82) is 0 Å². The molecule has 0 aromatic carbocycles. The minimum atomic E-state index is -5.75. The first-order valence-electron chi connectivity index (χ1n) is 11.2. The number of rotatable bonds is 15. The van der Waals surface area contributed by atoms with E-state index < -0.39 is 36.6 Å². The molecule has 1 atom stereocenters. The first kappa shape index (κ1) is 30.3. The predicted molar refractivity (Wildman–Crippen MR) is 125 cm³/mol. The van der Waals surface area contributed by atoms with Gasteiger partial charge in [0.25, 0.3) is 0 Å². The Hall–Kier alpha value is 0.307. The van der Waals surface area contributed by atoms with Crippen LogP contribution in [0.2, 0.25) is 19.6 Å². The summed E-state index contributed by atoms with van der Waals surface area (Å²) in [7, 11) is -7.95. The first-order chi connectivity index (χ1) is 13.5. The molecule has 0 aromatic heterocycles. The summed E-state index contributed by atoms with van der Waals surface area (Å²) in [5.74, 6) is -0.771. The topological polar surface area (TPSA) is 52.6 Å². The van der Waals surface area contributed by atoms with Crippen LogP contribution in [-0.4, -0.2) is 46.6 Å². The SMILES string of the molecule is CCCCP(CCCC)(CCCC)(OS(=O)(=O)C(F)(F)F)C(O[Si](C)(C)C)C(C)C. The Kier molecular flexibility index (Phi) is 11.6. The van der Waals surface area contributed by atoms with Gasteiger partial charge >= 0.3 is 184 Å². The molecule has 0 aliphatic carbocycles. The van der Waals surface area contributed by atoms with E-state index in [4.69, 9.17) is 8.40 Å². The van der Waals surface area contributed by atoms with E-state index in [2.05, 4.69) is 0 Å². The number of halogens is 3. The van der Waals surface area contributed by atoms with Gasteiger partial charge in [-0.25, -0.2) is 0 Å². The van der Waals surface area contributed by atoms with Gasteiger partial charge in [0.15, 0.2) is 0 Å². The molecule has 0 aliphatic rings. The van der Waals surface area contributed by atoms with Crippen LogP contribution in [0.4, 0.5) is 13.2 Å². The second-order valence-corrected chi connectivity index (χ2v) is 21.5. The van der Waals surface area contributed by atoms with Crippen LogP contribution >= 0.6 is 6.83 Å². The van der Waals surface area contributed by atoms with Crippen LogP contribution < -0.4 is 0 Å². The Morgan fingerprint density at radius 3 is 1.47 bits per heavy atom. The Bertz CT molecular complexity index is 594. The van der Waals surface area contributed by atoms with Crippen LogP contribution in [0.3, 0.4) is 0 Å². The van der Waals surface area contributed by atoms with E-state index in [1.165, 1.54) is 0 Å². The average Bonchev–Trinajstić information content (AvgIpc) is 2.59. The number of hydrogen-bond donors (Lipinski definition) is 0. The fourth-order valence-electron chi connectivity index (χ4n) is 4.18. The van der Waals surface area contributed by atoms with Gasteiger partial charge < -0.3 is 0 Å². The summed E-state index contributed by atoms with van der Waals surface area (Å²) < 4.78 is 77.9. The van der Waals surface area contributed by atoms with E-state index in [-0.39, 0.29) is 5.92 Å². The van der Waals surface area contributed by atoms with Crippen molar-refractivity contribution in [3.8, 4) is 0 Å². The van der Waals surface area contributed by atoms with Crippen LogP contribution in [0, 0.1) is 5.92 Å². The number of alkyl halides is 3. The fourth-order valence-corrected chi connectivity index (χ4v) is 17.0. The van der Waals surface area contributed by atoms with Crippen LogP contribution in [0.5, 0.6) is 0 Å². The molecule has 0 saturated heterocycles. The van der Waals surface area contributed by atoms with E-state index in [0.29, 0.717) is 37.7 Å². The van der Waals surface area contributed by atoms with Gasteiger partial charge in [-0.05, 0) is 0 Å². The third kappa shape index (κ3) is 8.02. The molecule has 0 fully saturated rings. The summed E-state index contributed by atoms with van der Waals surface area (Å²) >= 11 is 0. The summed E-state index contributed by atoms with van der Waals surface area (Å²) in [6.07, 6.45) is 5.18. The molecule has 10 heteroatoms. The van der Waals surface area contributed by atoms with Crippen LogP contribution in [-0.2, 0) is 18.5 Å². The van der Waals surface area contributed by atoms with Gasteiger partial charge in [-0.2, -0.15) is 0 Å². The zero-order valence-electron chi connectivity index (χ0n) is 20.1. The molecule has 1 unspecified atom stereocenters. The summed E-state index contributed by atoms with van der Waals surface area (Å²) in [4.78, 5) is 0. The number of hydrogen-bond acceptors (Lipinski definition) is 4. The molecule has 0 bridgehead atoms. The second kappa shape index (κ2) is 11.4. The van der Waals surface area contributed by atoms with Crippen molar-refractivity contribution >= 4 is 25.3 Å². The van der Waals surface area contributed by atoms with E-state index in [1.54, 1.807) is 0 Å². The normalized spacial score (nSPS) is 16.5. The van der Waals surface area contributed by atoms with E-state index in [0.717, 1.165) is 19.3 Å². The molecular formula is C20H44F3O4PSSi. The summed E-state index contributed by atoms with van der Waals surface area (Å²) in [5, 5.41) is 0. The first-order valence-corrected chi connectivity index (χ1v) is 18.8. The number of unbranched alkanes of at least 4 members (excludes halogenated alkanes) is 3. The summed E-state index contributed by atoms with van der Waals surface area (Å²) in [6, 6.07) is 0. The van der Waals surface area contributed by atoms with Crippen LogP contribution in [0.25, 0.3) is 0 Å². The molecule has 30 heavy (non-hydrogen) atoms. The molecule has 0 aromatic rings. The Morgan fingerprint density at radius 2 is 1.23 bits per heavy atom. The quantitative estimate of drug-likeness (QED) is 0.133. The molecule has 0 N–H and O–H groups in total. The standard InChI is InChI=1S/C20H44F3O4PSSi/c1-9-12-15-28(16-13-10-2,17-14-11-3,27-29(24,25)20(21,22)23)19(18(4)5)26-30(6,7)8/h18-19H,9-17H2,1-8H3. The molecule has 0 spiro atoms. The third-order valence-electron chi connectivity index (χ3n) is 5.42. The van der Waals surface area contributed by atoms with E-state index in [1.807, 2.05) is 54.3 Å². The van der Waals surface area contributed by atoms with Gasteiger partial charge in [0.1, 0.15) is 0 Å². The van der Waals surface area contributed by atoms with Crippen molar-refractivity contribution in [3.63, 3.8) is 0 Å². The zero-order valence-corrected chi connectivity index (χ0v) is 22.9. The fraction of sp³-hybridized carbons (Fsp3) is 1.00. The zero-order chi connectivity index (χ0) is 23.9. The third-order valence-corrected chi connectivity index (χ3v) is 15.7. The minimum absolute atomic E-state index is 0.150. The second-order valence-electron chi connectivity index (χ2n) is 9.78. The summed E-state index contributed by atoms with van der Waals surface area (Å²) in [6.45, 7) is 11.7. The maximum absolute atomic E-state index is 13.6. The monoisotopic (exact) mass is 496 g/mol. The van der Waals surface area contributed by atoms with E-state index in [9.17, 15) is 21.6 Å². The average molecular weight is 497 g/mol. The molecule has 184 valence electrons. The Balaban J connectivity index is 7.08. The van der Waals surface area contributed by atoms with Gasteiger partial charge in [0, 0.05) is 0 Å². The molecule has 0 aliphatic heterocycles. The molecule has 0 amide bonds. The van der Waals surface area contributed by atoms with Gasteiger partial charge in [-0.3, -0.25) is 0 Å².